The maximum Gasteiger partial charge on any atom is 0.200 e. The zero-order valence-electron chi connectivity index (χ0n) is 10.7. The van der Waals surface area contributed by atoms with E-state index in [-0.39, 0.29) is 5.04 Å². The van der Waals surface area contributed by atoms with E-state index in [1.807, 2.05) is 13.8 Å². The fourth-order valence-electron chi connectivity index (χ4n) is 0.906. The molecule has 0 fully saturated rings. The fraction of sp³-hybridized carbons (Fsp3) is 1.00. The van der Waals surface area contributed by atoms with Gasteiger partial charge in [-0.05, 0) is 18.1 Å². The zero-order valence-corrected chi connectivity index (χ0v) is 12.6. The smallest absolute Gasteiger partial charge is 0.200 e. The van der Waals surface area contributed by atoms with E-state index in [1.54, 1.807) is 0 Å². The van der Waals surface area contributed by atoms with E-state index < -0.39 is 15.7 Å². The molecule has 2 nitrogen and oxygen atoms in total. The lowest BCUT2D eigenvalue weighted by atomic mass is 10.2. The lowest BCUT2D eigenvalue weighted by Gasteiger charge is -2.38. The highest BCUT2D eigenvalue weighted by Gasteiger charge is 2.41. The Morgan fingerprint density at radius 3 is 1.71 bits per heavy atom. The second-order valence-corrected chi connectivity index (χ2v) is 13.4. The van der Waals surface area contributed by atoms with Crippen LogP contribution in [0.3, 0.4) is 0 Å². The van der Waals surface area contributed by atoms with Gasteiger partial charge in [-0.2, -0.15) is 0 Å². The van der Waals surface area contributed by atoms with Gasteiger partial charge in [-0.25, -0.2) is 0 Å². The second kappa shape index (κ2) is 4.50. The SMILES string of the molecule is CCP(=O)(CC)O[Si](C)(C)C(C)(C)C. The van der Waals surface area contributed by atoms with Crippen molar-refractivity contribution >= 4 is 15.7 Å². The highest BCUT2D eigenvalue weighted by molar-refractivity contribution is 7.60. The van der Waals surface area contributed by atoms with Crippen LogP contribution in [0.15, 0.2) is 0 Å². The van der Waals surface area contributed by atoms with Crippen molar-refractivity contribution in [3.8, 4) is 0 Å². The molecule has 0 bridgehead atoms. The van der Waals surface area contributed by atoms with Gasteiger partial charge in [0.2, 0.25) is 8.32 Å². The normalized spacial score (nSPS) is 14.5. The summed E-state index contributed by atoms with van der Waals surface area (Å²) in [5.74, 6) is 0. The van der Waals surface area contributed by atoms with Crippen molar-refractivity contribution < 1.29 is 8.78 Å². The average Bonchev–Trinajstić information content (AvgIpc) is 2.01. The van der Waals surface area contributed by atoms with Crippen LogP contribution in [-0.4, -0.2) is 20.6 Å². The maximum absolute atomic E-state index is 12.2. The molecule has 0 aromatic carbocycles. The highest BCUT2D eigenvalue weighted by atomic mass is 31.2. The molecule has 0 aliphatic rings. The number of hydrogen-bond donors (Lipinski definition) is 0. The third-order valence-corrected chi connectivity index (χ3v) is 11.9. The summed E-state index contributed by atoms with van der Waals surface area (Å²) in [7, 11) is -4.18. The Labute approximate surface area is 90.0 Å². The summed E-state index contributed by atoms with van der Waals surface area (Å²) in [6.45, 7) is 14.8. The van der Waals surface area contributed by atoms with Crippen molar-refractivity contribution in [2.45, 2.75) is 52.8 Å². The van der Waals surface area contributed by atoms with Crippen LogP contribution in [0.2, 0.25) is 18.1 Å². The van der Waals surface area contributed by atoms with Gasteiger partial charge in [0.25, 0.3) is 0 Å². The van der Waals surface area contributed by atoms with Crippen molar-refractivity contribution in [3.05, 3.63) is 0 Å². The van der Waals surface area contributed by atoms with E-state index in [0.29, 0.717) is 12.3 Å². The third-order valence-electron chi connectivity index (χ3n) is 3.16. The summed E-state index contributed by atoms with van der Waals surface area (Å²) in [4.78, 5) is 0. The Hall–Kier alpha value is 0.407. The fourth-order valence-corrected chi connectivity index (χ4v) is 6.81. The molecule has 0 aromatic rings. The quantitative estimate of drug-likeness (QED) is 0.536. The zero-order chi connectivity index (χ0) is 11.6. The van der Waals surface area contributed by atoms with E-state index >= 15 is 0 Å². The van der Waals surface area contributed by atoms with Crippen molar-refractivity contribution in [2.24, 2.45) is 0 Å². The van der Waals surface area contributed by atoms with Gasteiger partial charge >= 0.3 is 0 Å². The third kappa shape index (κ3) is 3.52. The first-order valence-corrected chi connectivity index (χ1v) is 10.3. The average molecular weight is 236 g/mol. The van der Waals surface area contributed by atoms with Gasteiger partial charge in [-0.3, -0.25) is 4.57 Å². The molecule has 0 atom stereocenters. The minimum atomic E-state index is -2.34. The standard InChI is InChI=1S/C10H25O2PSi/c1-8-13(11,9-2)12-14(6,7)10(3,4)5/h8-9H2,1-7H3. The van der Waals surface area contributed by atoms with Gasteiger partial charge in [-0.1, -0.05) is 34.6 Å². The van der Waals surface area contributed by atoms with Crippen LogP contribution >= 0.6 is 7.37 Å². The summed E-state index contributed by atoms with van der Waals surface area (Å²) in [6.07, 6.45) is 1.33. The van der Waals surface area contributed by atoms with Crippen molar-refractivity contribution in [2.75, 3.05) is 12.3 Å². The molecular formula is C10H25O2PSi. The summed E-state index contributed by atoms with van der Waals surface area (Å²) >= 11 is 0. The van der Waals surface area contributed by atoms with Crippen LogP contribution in [-0.2, 0) is 8.78 Å². The number of hydrogen-bond acceptors (Lipinski definition) is 2. The molecule has 0 aromatic heterocycles. The van der Waals surface area contributed by atoms with Crippen LogP contribution < -0.4 is 0 Å². The van der Waals surface area contributed by atoms with Gasteiger partial charge in [0.05, 0.1) is 0 Å². The van der Waals surface area contributed by atoms with Crippen molar-refractivity contribution in [1.29, 1.82) is 0 Å². The topological polar surface area (TPSA) is 26.3 Å². The van der Waals surface area contributed by atoms with Gasteiger partial charge in [-0.15, -0.1) is 0 Å². The largest absolute Gasteiger partial charge is 0.369 e. The molecule has 0 rings (SSSR count). The van der Waals surface area contributed by atoms with Gasteiger partial charge < -0.3 is 4.21 Å². The van der Waals surface area contributed by atoms with Gasteiger partial charge in [0, 0.05) is 12.3 Å². The Kier molecular flexibility index (Phi) is 4.63. The van der Waals surface area contributed by atoms with Crippen molar-refractivity contribution in [3.63, 3.8) is 0 Å². The number of rotatable bonds is 4. The monoisotopic (exact) mass is 236 g/mol. The summed E-state index contributed by atoms with van der Waals surface area (Å²) in [5, 5.41) is 0.146. The molecule has 86 valence electrons. The van der Waals surface area contributed by atoms with Gasteiger partial charge in [0.1, 0.15) is 0 Å². The molecule has 0 saturated heterocycles. The molecule has 4 heteroatoms. The molecule has 0 spiro atoms. The van der Waals surface area contributed by atoms with Crippen LogP contribution in [0, 0.1) is 0 Å². The molecule has 0 unspecified atom stereocenters. The predicted molar refractivity (Wildman–Crippen MR) is 67.0 cm³/mol. The lowest BCUT2D eigenvalue weighted by molar-refractivity contribution is 0.455. The molecule has 0 amide bonds. The van der Waals surface area contributed by atoms with Crippen LogP contribution in [0.25, 0.3) is 0 Å². The van der Waals surface area contributed by atoms with E-state index in [1.165, 1.54) is 0 Å². The molecule has 0 heterocycles. The Balaban J connectivity index is 4.74. The first-order chi connectivity index (χ1) is 6.08. The van der Waals surface area contributed by atoms with E-state index in [9.17, 15) is 4.57 Å². The Morgan fingerprint density at radius 1 is 1.14 bits per heavy atom. The minimum Gasteiger partial charge on any atom is -0.369 e. The lowest BCUT2D eigenvalue weighted by Crippen LogP contribution is -2.40. The van der Waals surface area contributed by atoms with Crippen LogP contribution in [0.5, 0.6) is 0 Å². The van der Waals surface area contributed by atoms with Gasteiger partial charge in [0.15, 0.2) is 7.37 Å². The van der Waals surface area contributed by atoms with Crippen LogP contribution in [0.1, 0.15) is 34.6 Å². The molecule has 0 radical (unpaired) electrons. The minimum absolute atomic E-state index is 0.146. The van der Waals surface area contributed by atoms with E-state index in [0.717, 1.165) is 0 Å². The van der Waals surface area contributed by atoms with E-state index in [4.69, 9.17) is 4.21 Å². The highest BCUT2D eigenvalue weighted by Crippen LogP contribution is 2.53. The molecule has 14 heavy (non-hydrogen) atoms. The molecule has 0 saturated carbocycles. The Bertz CT molecular complexity index is 223. The molecule has 0 aliphatic heterocycles. The van der Waals surface area contributed by atoms with Crippen LogP contribution in [0.4, 0.5) is 0 Å². The predicted octanol–water partition coefficient (Wildman–Crippen LogP) is 4.33. The summed E-state index contributed by atoms with van der Waals surface area (Å²) in [6, 6.07) is 0. The molecular weight excluding hydrogens is 211 g/mol. The first-order valence-electron chi connectivity index (χ1n) is 5.37. The summed E-state index contributed by atoms with van der Waals surface area (Å²) in [5.41, 5.74) is 0. The second-order valence-electron chi connectivity index (χ2n) is 5.30. The maximum atomic E-state index is 12.2. The van der Waals surface area contributed by atoms with Crippen molar-refractivity contribution in [1.82, 2.24) is 0 Å². The Morgan fingerprint density at radius 2 is 1.50 bits per heavy atom. The van der Waals surface area contributed by atoms with E-state index in [2.05, 4.69) is 33.9 Å². The first kappa shape index (κ1) is 14.4. The molecule has 0 aliphatic carbocycles. The summed E-state index contributed by atoms with van der Waals surface area (Å²) < 4.78 is 18.2. The molecule has 0 N–H and O–H groups in total.